The van der Waals surface area contributed by atoms with Gasteiger partial charge in [0.15, 0.2) is 0 Å². The Labute approximate surface area is 118 Å². The smallest absolute Gasteiger partial charge is 0.135 e. The van der Waals surface area contributed by atoms with Gasteiger partial charge in [-0.15, -0.1) is 0 Å². The number of nitrogens with one attached hydrogen (secondary N) is 2. The number of para-hydroxylation sites is 1. The Bertz CT molecular complexity index is 542. The van der Waals surface area contributed by atoms with Gasteiger partial charge in [-0.25, -0.2) is 9.97 Å². The highest BCUT2D eigenvalue weighted by Crippen LogP contribution is 2.24. The molecule has 1 aromatic heterocycles. The molecule has 0 aliphatic heterocycles. The van der Waals surface area contributed by atoms with Crippen LogP contribution in [-0.4, -0.2) is 16.5 Å². The second kappa shape index (κ2) is 6.38. The van der Waals surface area contributed by atoms with Crippen molar-refractivity contribution in [3.05, 3.63) is 41.7 Å². The van der Waals surface area contributed by atoms with Gasteiger partial charge in [0.25, 0.3) is 0 Å². The van der Waals surface area contributed by atoms with E-state index in [4.69, 9.17) is 11.6 Å². The summed E-state index contributed by atoms with van der Waals surface area (Å²) in [6.45, 7) is 5.18. The predicted octanol–water partition coefficient (Wildman–Crippen LogP) is 3.94. The SMILES string of the molecule is CC(C)CNc1cc(Nc2ccccc2Cl)ncn1. The van der Waals surface area contributed by atoms with Crippen LogP contribution in [0, 0.1) is 5.92 Å². The molecule has 1 aromatic carbocycles. The first-order valence-corrected chi connectivity index (χ1v) is 6.60. The van der Waals surface area contributed by atoms with Gasteiger partial charge in [-0.2, -0.15) is 0 Å². The summed E-state index contributed by atoms with van der Waals surface area (Å²) < 4.78 is 0. The molecule has 2 aromatic rings. The maximum Gasteiger partial charge on any atom is 0.135 e. The third-order valence-electron chi connectivity index (χ3n) is 2.50. The molecule has 2 N–H and O–H groups in total. The molecule has 0 unspecified atom stereocenters. The van der Waals surface area contributed by atoms with Crippen LogP contribution < -0.4 is 10.6 Å². The average Bonchev–Trinajstić information content (AvgIpc) is 2.40. The fourth-order valence-electron chi connectivity index (χ4n) is 1.53. The van der Waals surface area contributed by atoms with E-state index in [1.54, 1.807) is 0 Å². The van der Waals surface area contributed by atoms with Crippen molar-refractivity contribution in [1.29, 1.82) is 0 Å². The van der Waals surface area contributed by atoms with Crippen molar-refractivity contribution >= 4 is 28.9 Å². The molecule has 0 atom stereocenters. The Kier molecular flexibility index (Phi) is 4.58. The maximum atomic E-state index is 6.10. The summed E-state index contributed by atoms with van der Waals surface area (Å²) in [6.07, 6.45) is 1.53. The zero-order valence-electron chi connectivity index (χ0n) is 11.0. The van der Waals surface area contributed by atoms with E-state index in [1.165, 1.54) is 6.33 Å². The van der Waals surface area contributed by atoms with Crippen molar-refractivity contribution < 1.29 is 0 Å². The molecule has 5 heteroatoms. The van der Waals surface area contributed by atoms with E-state index < -0.39 is 0 Å². The van der Waals surface area contributed by atoms with Gasteiger partial charge in [0.1, 0.15) is 18.0 Å². The van der Waals surface area contributed by atoms with Crippen LogP contribution in [0.1, 0.15) is 13.8 Å². The highest BCUT2D eigenvalue weighted by Gasteiger charge is 2.02. The van der Waals surface area contributed by atoms with Gasteiger partial charge in [-0.1, -0.05) is 37.6 Å². The van der Waals surface area contributed by atoms with Crippen LogP contribution >= 0.6 is 11.6 Å². The zero-order valence-corrected chi connectivity index (χ0v) is 11.8. The van der Waals surface area contributed by atoms with Crippen molar-refractivity contribution in [3.63, 3.8) is 0 Å². The molecular weight excluding hydrogens is 260 g/mol. The van der Waals surface area contributed by atoms with Gasteiger partial charge in [0.2, 0.25) is 0 Å². The second-order valence-electron chi connectivity index (χ2n) is 4.67. The predicted molar refractivity (Wildman–Crippen MR) is 80.1 cm³/mol. The molecule has 0 saturated heterocycles. The van der Waals surface area contributed by atoms with Crippen LogP contribution in [-0.2, 0) is 0 Å². The quantitative estimate of drug-likeness (QED) is 0.868. The molecule has 0 spiro atoms. The van der Waals surface area contributed by atoms with Crippen molar-refractivity contribution in [1.82, 2.24) is 9.97 Å². The second-order valence-corrected chi connectivity index (χ2v) is 5.08. The molecule has 0 amide bonds. The number of hydrogen-bond acceptors (Lipinski definition) is 4. The van der Waals surface area contributed by atoms with Gasteiger partial charge in [0.05, 0.1) is 10.7 Å². The Morgan fingerprint density at radius 3 is 2.63 bits per heavy atom. The standard InChI is InChI=1S/C14H17ClN4/c1-10(2)8-16-13-7-14(18-9-17-13)19-12-6-4-3-5-11(12)15/h3-7,9-10H,8H2,1-2H3,(H2,16,17,18,19). The minimum Gasteiger partial charge on any atom is -0.370 e. The molecule has 0 aliphatic rings. The number of aromatic nitrogens is 2. The summed E-state index contributed by atoms with van der Waals surface area (Å²) in [6, 6.07) is 9.43. The first-order valence-electron chi connectivity index (χ1n) is 6.22. The highest BCUT2D eigenvalue weighted by molar-refractivity contribution is 6.33. The molecular formula is C14H17ClN4. The highest BCUT2D eigenvalue weighted by atomic mass is 35.5. The van der Waals surface area contributed by atoms with Crippen LogP contribution in [0.5, 0.6) is 0 Å². The molecule has 2 rings (SSSR count). The van der Waals surface area contributed by atoms with Crippen LogP contribution in [0.25, 0.3) is 0 Å². The van der Waals surface area contributed by atoms with E-state index in [2.05, 4.69) is 34.4 Å². The lowest BCUT2D eigenvalue weighted by molar-refractivity contribution is 0.687. The fourth-order valence-corrected chi connectivity index (χ4v) is 1.71. The Balaban J connectivity index is 2.09. The summed E-state index contributed by atoms with van der Waals surface area (Å²) in [5.74, 6) is 2.09. The van der Waals surface area contributed by atoms with Crippen molar-refractivity contribution in [2.45, 2.75) is 13.8 Å². The fraction of sp³-hybridized carbons (Fsp3) is 0.286. The number of halogens is 1. The summed E-state index contributed by atoms with van der Waals surface area (Å²) in [7, 11) is 0. The number of rotatable bonds is 5. The minimum atomic E-state index is 0.565. The van der Waals surface area contributed by atoms with Crippen molar-refractivity contribution in [2.24, 2.45) is 5.92 Å². The lowest BCUT2D eigenvalue weighted by Gasteiger charge is -2.10. The topological polar surface area (TPSA) is 49.8 Å². The van der Waals surface area contributed by atoms with Crippen LogP contribution in [0.3, 0.4) is 0 Å². The van der Waals surface area contributed by atoms with Gasteiger partial charge >= 0.3 is 0 Å². The lowest BCUT2D eigenvalue weighted by Crippen LogP contribution is -2.09. The molecule has 4 nitrogen and oxygen atoms in total. The molecule has 1 heterocycles. The van der Waals surface area contributed by atoms with Crippen molar-refractivity contribution in [3.8, 4) is 0 Å². The maximum absolute atomic E-state index is 6.10. The number of hydrogen-bond donors (Lipinski definition) is 2. The first kappa shape index (κ1) is 13.6. The van der Waals surface area contributed by atoms with E-state index in [1.807, 2.05) is 30.3 Å². The Hall–Kier alpha value is -1.81. The number of anilines is 3. The summed E-state index contributed by atoms with van der Waals surface area (Å²) in [5, 5.41) is 7.10. The third kappa shape index (κ3) is 4.10. The first-order chi connectivity index (χ1) is 9.15. The number of nitrogens with zero attached hydrogens (tertiary/aromatic N) is 2. The van der Waals surface area contributed by atoms with Crippen LogP contribution in [0.2, 0.25) is 5.02 Å². The average molecular weight is 277 g/mol. The molecule has 0 bridgehead atoms. The molecule has 0 fully saturated rings. The summed E-state index contributed by atoms with van der Waals surface area (Å²) in [4.78, 5) is 8.36. The van der Waals surface area contributed by atoms with E-state index in [9.17, 15) is 0 Å². The minimum absolute atomic E-state index is 0.565. The van der Waals surface area contributed by atoms with E-state index >= 15 is 0 Å². The summed E-state index contributed by atoms with van der Waals surface area (Å²) >= 11 is 6.10. The monoisotopic (exact) mass is 276 g/mol. The largest absolute Gasteiger partial charge is 0.370 e. The molecule has 100 valence electrons. The third-order valence-corrected chi connectivity index (χ3v) is 2.82. The van der Waals surface area contributed by atoms with E-state index in [0.717, 1.165) is 18.1 Å². The van der Waals surface area contributed by atoms with Crippen LogP contribution in [0.15, 0.2) is 36.7 Å². The van der Waals surface area contributed by atoms with Crippen LogP contribution in [0.4, 0.5) is 17.3 Å². The van der Waals surface area contributed by atoms with E-state index in [-0.39, 0.29) is 0 Å². The molecule has 0 aliphatic carbocycles. The molecule has 0 saturated carbocycles. The van der Waals surface area contributed by atoms with Gasteiger partial charge in [0, 0.05) is 12.6 Å². The van der Waals surface area contributed by atoms with Gasteiger partial charge in [-0.05, 0) is 18.1 Å². The zero-order chi connectivity index (χ0) is 13.7. The van der Waals surface area contributed by atoms with Crippen molar-refractivity contribution in [2.75, 3.05) is 17.2 Å². The van der Waals surface area contributed by atoms with Gasteiger partial charge in [-0.3, -0.25) is 0 Å². The van der Waals surface area contributed by atoms with E-state index in [0.29, 0.717) is 16.8 Å². The Morgan fingerprint density at radius 2 is 1.89 bits per heavy atom. The number of benzene rings is 1. The molecule has 0 radical (unpaired) electrons. The molecule has 19 heavy (non-hydrogen) atoms. The summed E-state index contributed by atoms with van der Waals surface area (Å²) in [5.41, 5.74) is 0.831. The van der Waals surface area contributed by atoms with Gasteiger partial charge < -0.3 is 10.6 Å². The Morgan fingerprint density at radius 1 is 1.16 bits per heavy atom. The normalized spacial score (nSPS) is 10.5. The lowest BCUT2D eigenvalue weighted by atomic mass is 10.2.